The van der Waals surface area contributed by atoms with Crippen LogP contribution < -0.4 is 10.6 Å². The number of anilines is 1. The van der Waals surface area contributed by atoms with Gasteiger partial charge in [0.05, 0.1) is 16.0 Å². The van der Waals surface area contributed by atoms with Crippen LogP contribution in [0.2, 0.25) is 0 Å². The van der Waals surface area contributed by atoms with Gasteiger partial charge in [-0.15, -0.1) is 11.3 Å². The van der Waals surface area contributed by atoms with Gasteiger partial charge in [-0.1, -0.05) is 17.7 Å². The molecule has 24 heavy (non-hydrogen) atoms. The van der Waals surface area contributed by atoms with Crippen LogP contribution in [0.25, 0.3) is 10.9 Å². The Hall–Kier alpha value is -2.91. The Bertz CT molecular complexity index is 913. The maximum absolute atomic E-state index is 11.9. The normalized spacial score (nSPS) is 10.3. The Labute approximate surface area is 144 Å². The number of hydrogen-bond donors (Lipinski definition) is 2. The molecule has 5 nitrogen and oxygen atoms in total. The van der Waals surface area contributed by atoms with Crippen molar-refractivity contribution in [2.45, 2.75) is 6.92 Å². The molecule has 2 N–H and O–H groups in total. The molecule has 2 heterocycles. The van der Waals surface area contributed by atoms with Crippen LogP contribution in [0.3, 0.4) is 0 Å². The highest BCUT2D eigenvalue weighted by atomic mass is 32.1. The standard InChI is InChI=1S/C18H16N4OS/c1-12-4-5-15-13(9-12)10-14(11-19)17(22-15)20-6-7-21-18(23)16-3-2-8-24-16/h2-5,8-10H,6-7H2,1H3,(H,20,22)(H,21,23). The number of nitrogens with one attached hydrogen (secondary N) is 2. The summed E-state index contributed by atoms with van der Waals surface area (Å²) in [5.74, 6) is 0.452. The van der Waals surface area contributed by atoms with Crippen LogP contribution >= 0.6 is 11.3 Å². The quantitative estimate of drug-likeness (QED) is 0.701. The fourth-order valence-corrected chi connectivity index (χ4v) is 3.01. The minimum atomic E-state index is -0.0887. The van der Waals surface area contributed by atoms with Crippen LogP contribution in [0.15, 0.2) is 41.8 Å². The smallest absolute Gasteiger partial charge is 0.261 e. The van der Waals surface area contributed by atoms with Crippen molar-refractivity contribution in [1.82, 2.24) is 10.3 Å². The summed E-state index contributed by atoms with van der Waals surface area (Å²) < 4.78 is 0. The number of pyridine rings is 1. The maximum Gasteiger partial charge on any atom is 0.261 e. The first-order valence-electron chi connectivity index (χ1n) is 7.54. The summed E-state index contributed by atoms with van der Waals surface area (Å²) in [5.41, 5.74) is 2.47. The van der Waals surface area contributed by atoms with E-state index in [2.05, 4.69) is 21.7 Å². The number of nitrogens with zero attached hydrogens (tertiary/aromatic N) is 2. The number of rotatable bonds is 5. The molecule has 1 amide bonds. The van der Waals surface area contributed by atoms with Gasteiger partial charge in [0, 0.05) is 18.5 Å². The van der Waals surface area contributed by atoms with Crippen molar-refractivity contribution in [2.75, 3.05) is 18.4 Å². The van der Waals surface area contributed by atoms with E-state index < -0.39 is 0 Å². The molecule has 3 aromatic rings. The molecule has 2 aromatic heterocycles. The molecule has 3 rings (SSSR count). The van der Waals surface area contributed by atoms with Crippen molar-refractivity contribution in [2.24, 2.45) is 0 Å². The Morgan fingerprint density at radius 2 is 2.17 bits per heavy atom. The van der Waals surface area contributed by atoms with Gasteiger partial charge in [-0.25, -0.2) is 4.98 Å². The fourth-order valence-electron chi connectivity index (χ4n) is 2.37. The van der Waals surface area contributed by atoms with Gasteiger partial charge in [0.1, 0.15) is 11.9 Å². The SMILES string of the molecule is Cc1ccc2nc(NCCNC(=O)c3cccs3)c(C#N)cc2c1. The molecule has 0 fully saturated rings. The average molecular weight is 336 g/mol. The first-order chi connectivity index (χ1) is 11.7. The molecule has 0 aliphatic carbocycles. The molecule has 1 aromatic carbocycles. The van der Waals surface area contributed by atoms with Crippen LogP contribution in [0, 0.1) is 18.3 Å². The highest BCUT2D eigenvalue weighted by molar-refractivity contribution is 7.12. The predicted octanol–water partition coefficient (Wildman–Crippen LogP) is 3.32. The predicted molar refractivity (Wildman–Crippen MR) is 96.3 cm³/mol. The van der Waals surface area contributed by atoms with Gasteiger partial charge in [0.2, 0.25) is 0 Å². The van der Waals surface area contributed by atoms with Crippen LogP contribution in [0.4, 0.5) is 5.82 Å². The number of benzene rings is 1. The zero-order valence-corrected chi connectivity index (χ0v) is 14.0. The van der Waals surface area contributed by atoms with Crippen molar-refractivity contribution in [3.05, 3.63) is 57.8 Å². The van der Waals surface area contributed by atoms with E-state index in [4.69, 9.17) is 0 Å². The van der Waals surface area contributed by atoms with Gasteiger partial charge in [0.15, 0.2) is 0 Å². The summed E-state index contributed by atoms with van der Waals surface area (Å²) in [6.07, 6.45) is 0. The van der Waals surface area contributed by atoms with E-state index in [-0.39, 0.29) is 5.91 Å². The molecular formula is C18H16N4OS. The molecule has 120 valence electrons. The number of nitriles is 1. The van der Waals surface area contributed by atoms with Crippen LogP contribution in [-0.4, -0.2) is 24.0 Å². The van der Waals surface area contributed by atoms with Gasteiger partial charge in [-0.3, -0.25) is 4.79 Å². The largest absolute Gasteiger partial charge is 0.367 e. The molecule has 6 heteroatoms. The molecule has 0 spiro atoms. The number of amides is 1. The lowest BCUT2D eigenvalue weighted by Crippen LogP contribution is -2.28. The maximum atomic E-state index is 11.9. The summed E-state index contributed by atoms with van der Waals surface area (Å²) in [6, 6.07) is 13.6. The summed E-state index contributed by atoms with van der Waals surface area (Å²) >= 11 is 1.41. The number of aryl methyl sites for hydroxylation is 1. The third-order valence-corrected chi connectivity index (χ3v) is 4.41. The van der Waals surface area contributed by atoms with Gasteiger partial charge < -0.3 is 10.6 Å². The molecule has 0 radical (unpaired) electrons. The fraction of sp³-hybridized carbons (Fsp3) is 0.167. The molecule has 0 bridgehead atoms. The van der Waals surface area contributed by atoms with E-state index in [0.717, 1.165) is 16.5 Å². The summed E-state index contributed by atoms with van der Waals surface area (Å²) in [7, 11) is 0. The van der Waals surface area contributed by atoms with E-state index >= 15 is 0 Å². The van der Waals surface area contributed by atoms with Crippen LogP contribution in [-0.2, 0) is 0 Å². The number of carbonyl (C=O) groups excluding carboxylic acids is 1. The summed E-state index contributed by atoms with van der Waals surface area (Å²) in [5, 5.41) is 18.1. The lowest BCUT2D eigenvalue weighted by Gasteiger charge is -2.10. The van der Waals surface area contributed by atoms with Gasteiger partial charge in [-0.2, -0.15) is 5.26 Å². The number of hydrogen-bond acceptors (Lipinski definition) is 5. The van der Waals surface area contributed by atoms with E-state index in [1.54, 1.807) is 6.07 Å². The second-order valence-electron chi connectivity index (χ2n) is 5.35. The third-order valence-electron chi connectivity index (χ3n) is 3.54. The van der Waals surface area contributed by atoms with Gasteiger partial charge >= 0.3 is 0 Å². The Morgan fingerprint density at radius 3 is 2.92 bits per heavy atom. The zero-order chi connectivity index (χ0) is 16.9. The Kier molecular flexibility index (Phi) is 4.73. The monoisotopic (exact) mass is 336 g/mol. The molecule has 0 saturated carbocycles. The number of thiophene rings is 1. The minimum Gasteiger partial charge on any atom is -0.367 e. The first-order valence-corrected chi connectivity index (χ1v) is 8.42. The first kappa shape index (κ1) is 16.0. The topological polar surface area (TPSA) is 77.8 Å². The van der Waals surface area contributed by atoms with Crippen LogP contribution in [0.1, 0.15) is 20.8 Å². The molecule has 0 unspecified atom stereocenters. The molecule has 0 atom stereocenters. The molecule has 0 aliphatic heterocycles. The zero-order valence-electron chi connectivity index (χ0n) is 13.2. The Morgan fingerprint density at radius 1 is 1.29 bits per heavy atom. The van der Waals surface area contributed by atoms with Gasteiger partial charge in [0.25, 0.3) is 5.91 Å². The summed E-state index contributed by atoms with van der Waals surface area (Å²) in [6.45, 7) is 2.96. The number of aromatic nitrogens is 1. The lowest BCUT2D eigenvalue weighted by molar-refractivity contribution is 0.0959. The number of carbonyl (C=O) groups is 1. The van der Waals surface area contributed by atoms with E-state index in [9.17, 15) is 10.1 Å². The minimum absolute atomic E-state index is 0.0887. The average Bonchev–Trinajstić information content (AvgIpc) is 3.12. The summed E-state index contributed by atoms with van der Waals surface area (Å²) in [4.78, 5) is 17.0. The molecule has 0 saturated heterocycles. The van der Waals surface area contributed by atoms with E-state index in [1.165, 1.54) is 11.3 Å². The van der Waals surface area contributed by atoms with E-state index in [1.807, 2.05) is 42.6 Å². The molecular weight excluding hydrogens is 320 g/mol. The second-order valence-corrected chi connectivity index (χ2v) is 6.30. The van der Waals surface area contributed by atoms with Gasteiger partial charge in [-0.05, 0) is 36.6 Å². The molecule has 0 aliphatic rings. The van der Waals surface area contributed by atoms with Crippen molar-refractivity contribution in [1.29, 1.82) is 5.26 Å². The van der Waals surface area contributed by atoms with E-state index in [0.29, 0.717) is 29.3 Å². The van der Waals surface area contributed by atoms with Crippen molar-refractivity contribution < 1.29 is 4.79 Å². The highest BCUT2D eigenvalue weighted by Crippen LogP contribution is 2.20. The van der Waals surface area contributed by atoms with Crippen LogP contribution in [0.5, 0.6) is 0 Å². The van der Waals surface area contributed by atoms with Crippen molar-refractivity contribution in [3.63, 3.8) is 0 Å². The lowest BCUT2D eigenvalue weighted by atomic mass is 10.1. The second kappa shape index (κ2) is 7.11. The third kappa shape index (κ3) is 3.53. The Balaban J connectivity index is 1.65. The van der Waals surface area contributed by atoms with Crippen molar-refractivity contribution >= 4 is 34.0 Å². The highest BCUT2D eigenvalue weighted by Gasteiger charge is 2.08. The number of fused-ring (bicyclic) bond motifs is 1. The van der Waals surface area contributed by atoms with Crippen molar-refractivity contribution in [3.8, 4) is 6.07 Å².